The van der Waals surface area contributed by atoms with Crippen LogP contribution in [0.1, 0.15) is 20.3 Å². The first kappa shape index (κ1) is 13.3. The molecule has 100 valence electrons. The van der Waals surface area contributed by atoms with Gasteiger partial charge in [-0.15, -0.1) is 0 Å². The summed E-state index contributed by atoms with van der Waals surface area (Å²) in [7, 11) is 0. The van der Waals surface area contributed by atoms with Crippen molar-refractivity contribution in [3.8, 4) is 0 Å². The molecule has 6 heteroatoms. The van der Waals surface area contributed by atoms with Crippen LogP contribution in [0.25, 0.3) is 0 Å². The first-order valence-corrected chi connectivity index (χ1v) is 7.05. The number of thiazole rings is 1. The molecule has 0 radical (unpaired) electrons. The average molecular weight is 269 g/mol. The Morgan fingerprint density at radius 3 is 2.94 bits per heavy atom. The maximum absolute atomic E-state index is 11.6. The van der Waals surface area contributed by atoms with E-state index in [9.17, 15) is 4.79 Å². The van der Waals surface area contributed by atoms with Crippen molar-refractivity contribution in [2.45, 2.75) is 20.3 Å². The zero-order chi connectivity index (χ0) is 13.0. The summed E-state index contributed by atoms with van der Waals surface area (Å²) < 4.78 is 5.31. The van der Waals surface area contributed by atoms with Gasteiger partial charge in [-0.05, 0) is 5.92 Å². The Morgan fingerprint density at radius 2 is 2.28 bits per heavy atom. The van der Waals surface area contributed by atoms with E-state index in [0.717, 1.165) is 31.3 Å². The van der Waals surface area contributed by atoms with Crippen LogP contribution in [0, 0.1) is 5.92 Å². The highest BCUT2D eigenvalue weighted by atomic mass is 32.1. The molecule has 0 aliphatic carbocycles. The SMILES string of the molecule is CC(C)CC(=O)Nc1ncc(N2CCOCC2)s1. The van der Waals surface area contributed by atoms with Crippen LogP contribution in [0.5, 0.6) is 0 Å². The van der Waals surface area contributed by atoms with Crippen molar-refractivity contribution in [1.82, 2.24) is 4.98 Å². The molecule has 1 aromatic heterocycles. The molecule has 2 heterocycles. The van der Waals surface area contributed by atoms with E-state index in [-0.39, 0.29) is 5.91 Å². The Balaban J connectivity index is 1.91. The Bertz CT molecular complexity index is 400. The fraction of sp³-hybridized carbons (Fsp3) is 0.667. The number of anilines is 2. The van der Waals surface area contributed by atoms with Gasteiger partial charge in [0.25, 0.3) is 0 Å². The third kappa shape index (κ3) is 3.68. The van der Waals surface area contributed by atoms with E-state index in [1.807, 2.05) is 20.0 Å². The van der Waals surface area contributed by atoms with Crippen LogP contribution in [-0.4, -0.2) is 37.2 Å². The van der Waals surface area contributed by atoms with Crippen molar-refractivity contribution in [2.75, 3.05) is 36.5 Å². The lowest BCUT2D eigenvalue weighted by Gasteiger charge is -2.26. The number of nitrogens with one attached hydrogen (secondary N) is 1. The van der Waals surface area contributed by atoms with E-state index in [1.54, 1.807) is 0 Å². The van der Waals surface area contributed by atoms with Crippen LogP contribution < -0.4 is 10.2 Å². The molecule has 1 saturated heterocycles. The lowest BCUT2D eigenvalue weighted by molar-refractivity contribution is -0.116. The lowest BCUT2D eigenvalue weighted by atomic mass is 10.1. The Labute approximate surface area is 111 Å². The van der Waals surface area contributed by atoms with Gasteiger partial charge in [0.2, 0.25) is 5.91 Å². The van der Waals surface area contributed by atoms with Crippen molar-refractivity contribution in [3.63, 3.8) is 0 Å². The monoisotopic (exact) mass is 269 g/mol. The minimum absolute atomic E-state index is 0.0351. The van der Waals surface area contributed by atoms with Gasteiger partial charge >= 0.3 is 0 Å². The van der Waals surface area contributed by atoms with Crippen LogP contribution in [0.4, 0.5) is 10.1 Å². The largest absolute Gasteiger partial charge is 0.378 e. The minimum atomic E-state index is 0.0351. The van der Waals surface area contributed by atoms with E-state index in [1.165, 1.54) is 11.3 Å². The molecule has 1 fully saturated rings. The second kappa shape index (κ2) is 6.15. The highest BCUT2D eigenvalue weighted by molar-refractivity contribution is 7.19. The van der Waals surface area contributed by atoms with E-state index in [0.29, 0.717) is 17.5 Å². The normalized spacial score (nSPS) is 16.1. The summed E-state index contributed by atoms with van der Waals surface area (Å²) in [6.07, 6.45) is 2.35. The number of hydrogen-bond acceptors (Lipinski definition) is 5. The van der Waals surface area contributed by atoms with Gasteiger partial charge in [0.05, 0.1) is 19.4 Å². The van der Waals surface area contributed by atoms with Crippen LogP contribution in [0.2, 0.25) is 0 Å². The van der Waals surface area contributed by atoms with Crippen molar-refractivity contribution < 1.29 is 9.53 Å². The maximum Gasteiger partial charge on any atom is 0.226 e. The number of amides is 1. The molecule has 1 aliphatic rings. The van der Waals surface area contributed by atoms with Crippen LogP contribution in [0.15, 0.2) is 6.20 Å². The average Bonchev–Trinajstić information content (AvgIpc) is 2.77. The Hall–Kier alpha value is -1.14. The van der Waals surface area contributed by atoms with E-state index < -0.39 is 0 Å². The zero-order valence-electron chi connectivity index (χ0n) is 10.8. The number of ether oxygens (including phenoxy) is 1. The number of rotatable bonds is 4. The van der Waals surface area contributed by atoms with Gasteiger partial charge in [-0.1, -0.05) is 25.2 Å². The first-order chi connectivity index (χ1) is 8.65. The van der Waals surface area contributed by atoms with Crippen LogP contribution >= 0.6 is 11.3 Å². The third-order valence-corrected chi connectivity index (χ3v) is 3.63. The molecule has 1 N–H and O–H groups in total. The number of nitrogens with zero attached hydrogens (tertiary/aromatic N) is 2. The Morgan fingerprint density at radius 1 is 1.56 bits per heavy atom. The number of hydrogen-bond donors (Lipinski definition) is 1. The molecular formula is C12H19N3O2S. The minimum Gasteiger partial charge on any atom is -0.378 e. The van der Waals surface area contributed by atoms with Crippen molar-refractivity contribution in [1.29, 1.82) is 0 Å². The molecule has 5 nitrogen and oxygen atoms in total. The summed E-state index contributed by atoms with van der Waals surface area (Å²) in [4.78, 5) is 18.1. The number of carbonyl (C=O) groups is 1. The predicted molar refractivity (Wildman–Crippen MR) is 73.2 cm³/mol. The van der Waals surface area contributed by atoms with Crippen LogP contribution in [0.3, 0.4) is 0 Å². The molecule has 2 rings (SSSR count). The predicted octanol–water partition coefficient (Wildman–Crippen LogP) is 1.96. The van der Waals surface area contributed by atoms with Crippen molar-refractivity contribution in [2.24, 2.45) is 5.92 Å². The summed E-state index contributed by atoms with van der Waals surface area (Å²) >= 11 is 1.52. The third-order valence-electron chi connectivity index (χ3n) is 2.66. The van der Waals surface area contributed by atoms with Gasteiger partial charge in [-0.2, -0.15) is 0 Å². The molecule has 0 bridgehead atoms. The molecule has 0 saturated carbocycles. The van der Waals surface area contributed by atoms with Gasteiger partial charge < -0.3 is 15.0 Å². The number of aromatic nitrogens is 1. The van der Waals surface area contributed by atoms with E-state index >= 15 is 0 Å². The number of morpholine rings is 1. The molecule has 18 heavy (non-hydrogen) atoms. The van der Waals surface area contributed by atoms with Crippen molar-refractivity contribution >= 4 is 27.4 Å². The molecule has 1 aromatic rings. The van der Waals surface area contributed by atoms with E-state index in [4.69, 9.17) is 4.74 Å². The quantitative estimate of drug-likeness (QED) is 0.908. The topological polar surface area (TPSA) is 54.5 Å². The zero-order valence-corrected chi connectivity index (χ0v) is 11.6. The van der Waals surface area contributed by atoms with Gasteiger partial charge in [0.1, 0.15) is 5.00 Å². The summed E-state index contributed by atoms with van der Waals surface area (Å²) in [5, 5.41) is 4.62. The standard InChI is InChI=1S/C12H19N3O2S/c1-9(2)7-10(16)14-12-13-8-11(18-12)15-3-5-17-6-4-15/h8-9H,3-7H2,1-2H3,(H,13,14,16). The molecule has 0 aromatic carbocycles. The van der Waals surface area contributed by atoms with Gasteiger partial charge in [0, 0.05) is 19.5 Å². The second-order valence-corrected chi connectivity index (χ2v) is 5.76. The Kier molecular flexibility index (Phi) is 4.54. The first-order valence-electron chi connectivity index (χ1n) is 6.23. The van der Waals surface area contributed by atoms with Gasteiger partial charge in [-0.3, -0.25) is 4.79 Å². The van der Waals surface area contributed by atoms with Gasteiger partial charge in [-0.25, -0.2) is 4.98 Å². The van der Waals surface area contributed by atoms with Crippen molar-refractivity contribution in [3.05, 3.63) is 6.20 Å². The molecule has 1 aliphatic heterocycles. The fourth-order valence-electron chi connectivity index (χ4n) is 1.79. The molecular weight excluding hydrogens is 250 g/mol. The fourth-order valence-corrected chi connectivity index (χ4v) is 2.68. The molecule has 0 atom stereocenters. The highest BCUT2D eigenvalue weighted by Crippen LogP contribution is 2.27. The molecule has 1 amide bonds. The molecule has 0 unspecified atom stereocenters. The van der Waals surface area contributed by atoms with Crippen LogP contribution in [-0.2, 0) is 9.53 Å². The number of carbonyl (C=O) groups excluding carboxylic acids is 1. The lowest BCUT2D eigenvalue weighted by Crippen LogP contribution is -2.35. The van der Waals surface area contributed by atoms with Gasteiger partial charge in [0.15, 0.2) is 5.13 Å². The summed E-state index contributed by atoms with van der Waals surface area (Å²) in [5.74, 6) is 0.400. The summed E-state index contributed by atoms with van der Waals surface area (Å²) in [6.45, 7) is 7.35. The summed E-state index contributed by atoms with van der Waals surface area (Å²) in [5.41, 5.74) is 0. The smallest absolute Gasteiger partial charge is 0.226 e. The molecule has 0 spiro atoms. The highest BCUT2D eigenvalue weighted by Gasteiger charge is 2.15. The second-order valence-electron chi connectivity index (χ2n) is 4.75. The maximum atomic E-state index is 11.6. The van der Waals surface area contributed by atoms with E-state index in [2.05, 4.69) is 15.2 Å². The summed E-state index contributed by atoms with van der Waals surface area (Å²) in [6, 6.07) is 0.